The summed E-state index contributed by atoms with van der Waals surface area (Å²) in [5.74, 6) is 0.125. The Bertz CT molecular complexity index is 841. The second-order valence-electron chi connectivity index (χ2n) is 5.10. The van der Waals surface area contributed by atoms with Crippen molar-refractivity contribution < 1.29 is 14.3 Å². The third-order valence-corrected chi connectivity index (χ3v) is 4.10. The highest BCUT2D eigenvalue weighted by Gasteiger charge is 2.15. The van der Waals surface area contributed by atoms with Crippen molar-refractivity contribution in [1.29, 1.82) is 0 Å². The summed E-state index contributed by atoms with van der Waals surface area (Å²) >= 11 is 3.38. The number of halogens is 1. The van der Waals surface area contributed by atoms with E-state index in [4.69, 9.17) is 9.47 Å². The summed E-state index contributed by atoms with van der Waals surface area (Å²) in [6, 6.07) is 19.1. The monoisotopic (exact) mass is 370 g/mol. The van der Waals surface area contributed by atoms with E-state index in [-0.39, 0.29) is 6.61 Å². The predicted octanol–water partition coefficient (Wildman–Crippen LogP) is 4.97. The van der Waals surface area contributed by atoms with E-state index >= 15 is 0 Å². The SMILES string of the molecule is COc1cc2ccccc2cc1C(=O)OCc1ccc(Br)cc1. The molecule has 0 heterocycles. The highest BCUT2D eigenvalue weighted by molar-refractivity contribution is 9.10. The van der Waals surface area contributed by atoms with Gasteiger partial charge in [0.1, 0.15) is 17.9 Å². The Hall–Kier alpha value is -2.33. The Morgan fingerprint density at radius 1 is 1.00 bits per heavy atom. The lowest BCUT2D eigenvalue weighted by Crippen LogP contribution is -2.07. The van der Waals surface area contributed by atoms with Gasteiger partial charge in [-0.2, -0.15) is 0 Å². The van der Waals surface area contributed by atoms with Gasteiger partial charge in [0.05, 0.1) is 7.11 Å². The minimum atomic E-state index is -0.393. The average Bonchev–Trinajstić information content (AvgIpc) is 2.59. The molecule has 0 aliphatic rings. The summed E-state index contributed by atoms with van der Waals surface area (Å²) in [5, 5.41) is 2.00. The molecule has 0 aliphatic heterocycles. The van der Waals surface area contributed by atoms with Crippen molar-refractivity contribution in [3.8, 4) is 5.75 Å². The van der Waals surface area contributed by atoms with Crippen LogP contribution in [0.25, 0.3) is 10.8 Å². The molecular formula is C19H15BrO3. The maximum atomic E-state index is 12.4. The average molecular weight is 371 g/mol. The van der Waals surface area contributed by atoms with Crippen LogP contribution in [-0.4, -0.2) is 13.1 Å². The van der Waals surface area contributed by atoms with Crippen LogP contribution in [0.15, 0.2) is 65.1 Å². The summed E-state index contributed by atoms with van der Waals surface area (Å²) in [6.07, 6.45) is 0. The third kappa shape index (κ3) is 3.54. The summed E-state index contributed by atoms with van der Waals surface area (Å²) in [4.78, 5) is 12.4. The van der Waals surface area contributed by atoms with Crippen LogP contribution in [0, 0.1) is 0 Å². The van der Waals surface area contributed by atoms with E-state index in [0.717, 1.165) is 20.8 Å². The third-order valence-electron chi connectivity index (χ3n) is 3.57. The zero-order valence-corrected chi connectivity index (χ0v) is 14.2. The van der Waals surface area contributed by atoms with Crippen molar-refractivity contribution >= 4 is 32.7 Å². The summed E-state index contributed by atoms with van der Waals surface area (Å²) in [5.41, 5.74) is 1.37. The molecule has 116 valence electrons. The summed E-state index contributed by atoms with van der Waals surface area (Å²) < 4.78 is 11.7. The number of fused-ring (bicyclic) bond motifs is 1. The molecule has 0 aliphatic carbocycles. The molecule has 0 radical (unpaired) electrons. The van der Waals surface area contributed by atoms with Crippen LogP contribution in [0.5, 0.6) is 5.75 Å². The largest absolute Gasteiger partial charge is 0.496 e. The van der Waals surface area contributed by atoms with Gasteiger partial charge in [0.15, 0.2) is 0 Å². The number of ether oxygens (including phenoxy) is 2. The van der Waals surface area contributed by atoms with Crippen molar-refractivity contribution in [3.05, 3.63) is 76.3 Å². The molecule has 3 aromatic carbocycles. The second kappa shape index (κ2) is 6.84. The van der Waals surface area contributed by atoms with E-state index in [1.54, 1.807) is 13.2 Å². The number of carbonyl (C=O) groups excluding carboxylic acids is 1. The molecule has 23 heavy (non-hydrogen) atoms. The summed E-state index contributed by atoms with van der Waals surface area (Å²) in [7, 11) is 1.55. The van der Waals surface area contributed by atoms with E-state index in [1.165, 1.54) is 0 Å². The zero-order valence-electron chi connectivity index (χ0n) is 12.6. The number of methoxy groups -OCH3 is 1. The highest BCUT2D eigenvalue weighted by atomic mass is 79.9. The standard InChI is InChI=1S/C19H15BrO3/c1-22-18-11-15-5-3-2-4-14(15)10-17(18)19(21)23-12-13-6-8-16(20)9-7-13/h2-11H,12H2,1H3. The van der Waals surface area contributed by atoms with Gasteiger partial charge in [-0.1, -0.05) is 52.3 Å². The van der Waals surface area contributed by atoms with Gasteiger partial charge in [0.2, 0.25) is 0 Å². The Morgan fingerprint density at radius 2 is 1.65 bits per heavy atom. The van der Waals surface area contributed by atoms with E-state index in [1.807, 2.05) is 54.6 Å². The molecule has 0 fully saturated rings. The van der Waals surface area contributed by atoms with Crippen LogP contribution in [0.2, 0.25) is 0 Å². The Balaban J connectivity index is 1.83. The van der Waals surface area contributed by atoms with Gasteiger partial charge in [-0.05, 0) is 40.6 Å². The fourth-order valence-electron chi connectivity index (χ4n) is 2.36. The topological polar surface area (TPSA) is 35.5 Å². The molecular weight excluding hydrogens is 356 g/mol. The fourth-order valence-corrected chi connectivity index (χ4v) is 2.62. The number of hydrogen-bond acceptors (Lipinski definition) is 3. The second-order valence-corrected chi connectivity index (χ2v) is 6.02. The van der Waals surface area contributed by atoms with Crippen molar-refractivity contribution in [2.24, 2.45) is 0 Å². The van der Waals surface area contributed by atoms with Crippen LogP contribution in [-0.2, 0) is 11.3 Å². The maximum absolute atomic E-state index is 12.4. The molecule has 0 saturated heterocycles. The molecule has 0 N–H and O–H groups in total. The van der Waals surface area contributed by atoms with Gasteiger partial charge < -0.3 is 9.47 Å². The minimum absolute atomic E-state index is 0.224. The normalized spacial score (nSPS) is 10.5. The van der Waals surface area contributed by atoms with Gasteiger partial charge in [-0.3, -0.25) is 0 Å². The van der Waals surface area contributed by atoms with Crippen LogP contribution < -0.4 is 4.74 Å². The smallest absolute Gasteiger partial charge is 0.342 e. The van der Waals surface area contributed by atoms with Gasteiger partial charge in [0, 0.05) is 4.47 Å². The molecule has 3 nitrogen and oxygen atoms in total. The van der Waals surface area contributed by atoms with Crippen molar-refractivity contribution in [1.82, 2.24) is 0 Å². The Labute approximate surface area is 143 Å². The first kappa shape index (κ1) is 15.6. The van der Waals surface area contributed by atoms with E-state index in [0.29, 0.717) is 11.3 Å². The molecule has 3 aromatic rings. The van der Waals surface area contributed by atoms with Crippen LogP contribution >= 0.6 is 15.9 Å². The van der Waals surface area contributed by atoms with Gasteiger partial charge in [0.25, 0.3) is 0 Å². The van der Waals surface area contributed by atoms with Gasteiger partial charge in [-0.15, -0.1) is 0 Å². The highest BCUT2D eigenvalue weighted by Crippen LogP contribution is 2.26. The van der Waals surface area contributed by atoms with Crippen LogP contribution in [0.4, 0.5) is 0 Å². The molecule has 0 saturated carbocycles. The number of esters is 1. The van der Waals surface area contributed by atoms with Crippen LogP contribution in [0.3, 0.4) is 0 Å². The molecule has 3 rings (SSSR count). The van der Waals surface area contributed by atoms with Gasteiger partial charge >= 0.3 is 5.97 Å². The van der Waals surface area contributed by atoms with Gasteiger partial charge in [-0.25, -0.2) is 4.79 Å². The number of rotatable bonds is 4. The maximum Gasteiger partial charge on any atom is 0.342 e. The molecule has 4 heteroatoms. The first-order chi connectivity index (χ1) is 11.2. The van der Waals surface area contributed by atoms with E-state index in [9.17, 15) is 4.79 Å². The predicted molar refractivity (Wildman–Crippen MR) is 93.8 cm³/mol. The lowest BCUT2D eigenvalue weighted by molar-refractivity contribution is 0.0469. The molecule has 0 bridgehead atoms. The number of hydrogen-bond donors (Lipinski definition) is 0. The molecule has 0 amide bonds. The quantitative estimate of drug-likeness (QED) is 0.608. The fraction of sp³-hybridized carbons (Fsp3) is 0.105. The van der Waals surface area contributed by atoms with E-state index < -0.39 is 5.97 Å². The van der Waals surface area contributed by atoms with Crippen molar-refractivity contribution in [2.45, 2.75) is 6.61 Å². The molecule has 0 aromatic heterocycles. The summed E-state index contributed by atoms with van der Waals surface area (Å²) in [6.45, 7) is 0.224. The zero-order chi connectivity index (χ0) is 16.2. The number of benzene rings is 3. The first-order valence-electron chi connectivity index (χ1n) is 7.16. The number of carbonyl (C=O) groups is 1. The Kier molecular flexibility index (Phi) is 4.63. The van der Waals surface area contributed by atoms with Crippen LogP contribution in [0.1, 0.15) is 15.9 Å². The lowest BCUT2D eigenvalue weighted by atomic mass is 10.1. The van der Waals surface area contributed by atoms with Crippen molar-refractivity contribution in [2.75, 3.05) is 7.11 Å². The molecule has 0 unspecified atom stereocenters. The molecule has 0 atom stereocenters. The Morgan fingerprint density at radius 3 is 2.30 bits per heavy atom. The lowest BCUT2D eigenvalue weighted by Gasteiger charge is -2.10. The van der Waals surface area contributed by atoms with Crippen molar-refractivity contribution in [3.63, 3.8) is 0 Å². The minimum Gasteiger partial charge on any atom is -0.496 e. The van der Waals surface area contributed by atoms with E-state index in [2.05, 4.69) is 15.9 Å². The first-order valence-corrected chi connectivity index (χ1v) is 7.95. The molecule has 0 spiro atoms.